The van der Waals surface area contributed by atoms with E-state index in [1.807, 2.05) is 14.0 Å². The lowest BCUT2D eigenvalue weighted by Gasteiger charge is -2.19. The van der Waals surface area contributed by atoms with Crippen LogP contribution in [0.2, 0.25) is 0 Å². The van der Waals surface area contributed by atoms with Crippen molar-refractivity contribution < 1.29 is 0 Å². The quantitative estimate of drug-likeness (QED) is 0.890. The van der Waals surface area contributed by atoms with E-state index in [4.69, 9.17) is 0 Å². The first-order valence-corrected chi connectivity index (χ1v) is 6.30. The second kappa shape index (κ2) is 5.32. The molecule has 0 aliphatic carbocycles. The highest BCUT2D eigenvalue weighted by Crippen LogP contribution is 2.24. The third-order valence-electron chi connectivity index (χ3n) is 3.28. The molecule has 0 radical (unpaired) electrons. The molecule has 0 aliphatic heterocycles. The van der Waals surface area contributed by atoms with Gasteiger partial charge in [0.15, 0.2) is 0 Å². The van der Waals surface area contributed by atoms with Gasteiger partial charge in [-0.25, -0.2) is 0 Å². The van der Waals surface area contributed by atoms with E-state index in [0.29, 0.717) is 0 Å². The van der Waals surface area contributed by atoms with Gasteiger partial charge in [0.2, 0.25) is 0 Å². The van der Waals surface area contributed by atoms with Crippen molar-refractivity contribution in [1.29, 1.82) is 0 Å². The van der Waals surface area contributed by atoms with Crippen LogP contribution in [0.15, 0.2) is 36.4 Å². The van der Waals surface area contributed by atoms with Crippen LogP contribution in [0.4, 0.5) is 0 Å². The van der Waals surface area contributed by atoms with Crippen LogP contribution in [0, 0.1) is 20.8 Å². The summed E-state index contributed by atoms with van der Waals surface area (Å²) in [5.41, 5.74) is 5.96. The predicted octanol–water partition coefficient (Wildman–Crippen LogP) is 3.32. The largest absolute Gasteiger partial charge is 0.309 e. The molecule has 0 saturated heterocycles. The van der Waals surface area contributed by atoms with Crippen molar-refractivity contribution in [1.82, 2.24) is 10.3 Å². The fourth-order valence-electron chi connectivity index (χ4n) is 2.26. The fraction of sp³-hybridized carbons (Fsp3) is 0.312. The molecule has 0 bridgehead atoms. The zero-order chi connectivity index (χ0) is 13.1. The summed E-state index contributed by atoms with van der Waals surface area (Å²) in [7, 11) is 1.99. The Hall–Kier alpha value is -1.67. The minimum atomic E-state index is 0.207. The molecule has 1 atom stereocenters. The summed E-state index contributed by atoms with van der Waals surface area (Å²) in [5.74, 6) is 0. The predicted molar refractivity (Wildman–Crippen MR) is 75.8 cm³/mol. The van der Waals surface area contributed by atoms with Crippen molar-refractivity contribution in [3.8, 4) is 0 Å². The van der Waals surface area contributed by atoms with E-state index >= 15 is 0 Å². The van der Waals surface area contributed by atoms with E-state index in [1.54, 1.807) is 0 Å². The van der Waals surface area contributed by atoms with E-state index in [1.165, 1.54) is 16.7 Å². The van der Waals surface area contributed by atoms with Crippen LogP contribution in [0.25, 0.3) is 0 Å². The molecule has 0 aliphatic rings. The number of hydrogen-bond donors (Lipinski definition) is 1. The summed E-state index contributed by atoms with van der Waals surface area (Å²) < 4.78 is 0. The van der Waals surface area contributed by atoms with E-state index < -0.39 is 0 Å². The average molecular weight is 240 g/mol. The van der Waals surface area contributed by atoms with Gasteiger partial charge in [-0.1, -0.05) is 35.9 Å². The summed E-state index contributed by atoms with van der Waals surface area (Å²) >= 11 is 0. The number of pyridine rings is 1. The topological polar surface area (TPSA) is 24.9 Å². The molecule has 94 valence electrons. The Labute approximate surface area is 109 Å². The van der Waals surface area contributed by atoms with Crippen LogP contribution in [0.3, 0.4) is 0 Å². The molecule has 0 saturated carbocycles. The van der Waals surface area contributed by atoms with Gasteiger partial charge in [-0.05, 0) is 45.0 Å². The molecule has 2 aromatic rings. The molecule has 1 heterocycles. The first-order valence-electron chi connectivity index (χ1n) is 6.30. The molecule has 2 nitrogen and oxygen atoms in total. The monoisotopic (exact) mass is 240 g/mol. The molecule has 1 unspecified atom stereocenters. The van der Waals surface area contributed by atoms with Crippen molar-refractivity contribution in [3.05, 3.63) is 64.5 Å². The SMILES string of the molecule is CNC(c1ccc(C)cc1)c1ccc(C)nc1C. The smallest absolute Gasteiger partial charge is 0.0592 e. The number of aryl methyl sites for hydroxylation is 3. The van der Waals surface area contributed by atoms with Gasteiger partial charge in [0, 0.05) is 11.4 Å². The van der Waals surface area contributed by atoms with E-state index in [9.17, 15) is 0 Å². The van der Waals surface area contributed by atoms with E-state index in [2.05, 4.69) is 60.5 Å². The van der Waals surface area contributed by atoms with Gasteiger partial charge in [-0.2, -0.15) is 0 Å². The maximum absolute atomic E-state index is 4.55. The normalized spacial score (nSPS) is 12.4. The number of rotatable bonds is 3. The maximum atomic E-state index is 4.55. The number of nitrogens with one attached hydrogen (secondary N) is 1. The van der Waals surface area contributed by atoms with Gasteiger partial charge in [0.25, 0.3) is 0 Å². The van der Waals surface area contributed by atoms with Crippen LogP contribution < -0.4 is 5.32 Å². The lowest BCUT2D eigenvalue weighted by molar-refractivity contribution is 0.682. The summed E-state index contributed by atoms with van der Waals surface area (Å²) in [6, 6.07) is 13.1. The van der Waals surface area contributed by atoms with Crippen LogP contribution >= 0.6 is 0 Å². The molecule has 18 heavy (non-hydrogen) atoms. The van der Waals surface area contributed by atoms with Crippen molar-refractivity contribution in [2.24, 2.45) is 0 Å². The molecule has 0 spiro atoms. The molecule has 2 rings (SSSR count). The number of hydrogen-bond acceptors (Lipinski definition) is 2. The van der Waals surface area contributed by atoms with Crippen LogP contribution in [0.5, 0.6) is 0 Å². The highest BCUT2D eigenvalue weighted by atomic mass is 14.9. The van der Waals surface area contributed by atoms with Gasteiger partial charge in [-0.3, -0.25) is 4.98 Å². The number of benzene rings is 1. The second-order valence-corrected chi connectivity index (χ2v) is 4.76. The van der Waals surface area contributed by atoms with Gasteiger partial charge in [0.05, 0.1) is 6.04 Å². The Kier molecular flexibility index (Phi) is 3.78. The zero-order valence-corrected chi connectivity index (χ0v) is 11.5. The summed E-state index contributed by atoms with van der Waals surface area (Å²) in [5, 5.41) is 3.37. The molecule has 1 aromatic carbocycles. The van der Waals surface area contributed by atoms with Crippen molar-refractivity contribution in [2.75, 3.05) is 7.05 Å². The molecule has 1 aromatic heterocycles. The highest BCUT2D eigenvalue weighted by molar-refractivity contribution is 5.35. The van der Waals surface area contributed by atoms with E-state index in [0.717, 1.165) is 11.4 Å². The van der Waals surface area contributed by atoms with Gasteiger partial charge in [0.1, 0.15) is 0 Å². The minimum Gasteiger partial charge on any atom is -0.309 e. The molecule has 0 fully saturated rings. The molecular weight excluding hydrogens is 220 g/mol. The first kappa shape index (κ1) is 12.8. The van der Waals surface area contributed by atoms with Crippen molar-refractivity contribution >= 4 is 0 Å². The van der Waals surface area contributed by atoms with Crippen LogP contribution in [-0.2, 0) is 0 Å². The Balaban J connectivity index is 2.41. The zero-order valence-electron chi connectivity index (χ0n) is 11.5. The van der Waals surface area contributed by atoms with Crippen LogP contribution in [0.1, 0.15) is 34.1 Å². The average Bonchev–Trinajstić information content (AvgIpc) is 2.35. The van der Waals surface area contributed by atoms with Crippen molar-refractivity contribution in [3.63, 3.8) is 0 Å². The summed E-state index contributed by atoms with van der Waals surface area (Å²) in [4.78, 5) is 4.55. The van der Waals surface area contributed by atoms with E-state index in [-0.39, 0.29) is 6.04 Å². The van der Waals surface area contributed by atoms with Crippen LogP contribution in [-0.4, -0.2) is 12.0 Å². The molecule has 1 N–H and O–H groups in total. The fourth-order valence-corrected chi connectivity index (χ4v) is 2.26. The minimum absolute atomic E-state index is 0.207. The van der Waals surface area contributed by atoms with Gasteiger partial charge in [-0.15, -0.1) is 0 Å². The maximum Gasteiger partial charge on any atom is 0.0592 e. The second-order valence-electron chi connectivity index (χ2n) is 4.76. The number of nitrogens with zero attached hydrogens (tertiary/aromatic N) is 1. The lowest BCUT2D eigenvalue weighted by Crippen LogP contribution is -2.19. The third-order valence-corrected chi connectivity index (χ3v) is 3.28. The van der Waals surface area contributed by atoms with Gasteiger partial charge < -0.3 is 5.32 Å². The number of aromatic nitrogens is 1. The highest BCUT2D eigenvalue weighted by Gasteiger charge is 2.14. The standard InChI is InChI=1S/C16H20N2/c1-11-5-8-14(9-6-11)16(17-4)15-10-7-12(2)18-13(15)3/h5-10,16-17H,1-4H3. The van der Waals surface area contributed by atoms with Crippen molar-refractivity contribution in [2.45, 2.75) is 26.8 Å². The van der Waals surface area contributed by atoms with Gasteiger partial charge >= 0.3 is 0 Å². The Morgan fingerprint density at radius 3 is 2.17 bits per heavy atom. The third kappa shape index (κ3) is 2.59. The first-order chi connectivity index (χ1) is 8.61. The lowest BCUT2D eigenvalue weighted by atomic mass is 9.97. The Morgan fingerprint density at radius 2 is 1.61 bits per heavy atom. The summed E-state index contributed by atoms with van der Waals surface area (Å²) in [6.07, 6.45) is 0. The molecule has 0 amide bonds. The Morgan fingerprint density at radius 1 is 0.944 bits per heavy atom. The summed E-state index contributed by atoms with van der Waals surface area (Å²) in [6.45, 7) is 6.20. The Bertz CT molecular complexity index is 529. The molecule has 2 heteroatoms. The molecular formula is C16H20N2.